The van der Waals surface area contributed by atoms with Crippen molar-refractivity contribution in [3.63, 3.8) is 0 Å². The number of nitro groups is 1. The third kappa shape index (κ3) is 4.08. The van der Waals surface area contributed by atoms with E-state index in [0.717, 1.165) is 11.5 Å². The quantitative estimate of drug-likeness (QED) is 0.525. The fraction of sp³-hybridized carbons (Fsp3) is 0.333. The number of nitrogens with one attached hydrogen (secondary N) is 1. The van der Waals surface area contributed by atoms with Crippen molar-refractivity contribution in [2.75, 3.05) is 5.32 Å². The molecular formula is C18H21N7O2. The van der Waals surface area contributed by atoms with Crippen LogP contribution in [0.15, 0.2) is 36.7 Å². The summed E-state index contributed by atoms with van der Waals surface area (Å²) in [4.78, 5) is 19.6. The average molecular weight is 367 g/mol. The summed E-state index contributed by atoms with van der Waals surface area (Å²) in [5, 5.41) is 22.6. The summed E-state index contributed by atoms with van der Waals surface area (Å²) in [5.41, 5.74) is 1.36. The highest BCUT2D eigenvalue weighted by atomic mass is 16.6. The van der Waals surface area contributed by atoms with Crippen molar-refractivity contribution in [2.24, 2.45) is 13.0 Å². The summed E-state index contributed by atoms with van der Waals surface area (Å²) in [6.07, 6.45) is 1.66. The van der Waals surface area contributed by atoms with Crippen molar-refractivity contribution in [3.8, 4) is 11.4 Å². The fourth-order valence-corrected chi connectivity index (χ4v) is 2.79. The van der Waals surface area contributed by atoms with Gasteiger partial charge in [0.1, 0.15) is 12.1 Å². The molecule has 0 spiro atoms. The van der Waals surface area contributed by atoms with Crippen molar-refractivity contribution >= 4 is 11.5 Å². The molecule has 0 aliphatic heterocycles. The second-order valence-corrected chi connectivity index (χ2v) is 6.69. The van der Waals surface area contributed by atoms with Gasteiger partial charge >= 0.3 is 0 Å². The summed E-state index contributed by atoms with van der Waals surface area (Å²) >= 11 is 0. The molecule has 2 heterocycles. The van der Waals surface area contributed by atoms with Crippen LogP contribution in [-0.2, 0) is 7.05 Å². The zero-order chi connectivity index (χ0) is 19.6. The second-order valence-electron chi connectivity index (χ2n) is 6.69. The van der Waals surface area contributed by atoms with Gasteiger partial charge in [-0.25, -0.2) is 9.97 Å². The first kappa shape index (κ1) is 18.4. The van der Waals surface area contributed by atoms with Crippen LogP contribution in [0.1, 0.15) is 31.4 Å². The van der Waals surface area contributed by atoms with E-state index in [1.807, 2.05) is 24.6 Å². The standard InChI is InChI=1S/C18H21N7O2/c1-11(2)16(18-23-19-10-24(18)4)21-15-8-12(3)20-17(22-15)13-6-5-7-14(9-13)25(26)27/h5-11,16H,1-4H3,(H,20,21,22)/t16-/m1/s1. The number of aryl methyl sites for hydroxylation is 2. The van der Waals surface area contributed by atoms with Gasteiger partial charge in [0.05, 0.1) is 11.0 Å². The first-order chi connectivity index (χ1) is 12.8. The fourth-order valence-electron chi connectivity index (χ4n) is 2.79. The summed E-state index contributed by atoms with van der Waals surface area (Å²) in [6, 6.07) is 8.05. The van der Waals surface area contributed by atoms with E-state index in [9.17, 15) is 10.1 Å². The molecule has 27 heavy (non-hydrogen) atoms. The summed E-state index contributed by atoms with van der Waals surface area (Å²) in [5.74, 6) is 2.11. The predicted molar refractivity (Wildman–Crippen MR) is 101 cm³/mol. The van der Waals surface area contributed by atoms with Gasteiger partial charge < -0.3 is 9.88 Å². The van der Waals surface area contributed by atoms with Crippen LogP contribution in [-0.4, -0.2) is 29.7 Å². The molecule has 0 unspecified atom stereocenters. The number of aromatic nitrogens is 5. The Labute approximate surface area is 156 Å². The van der Waals surface area contributed by atoms with Gasteiger partial charge in [-0.3, -0.25) is 10.1 Å². The third-order valence-electron chi connectivity index (χ3n) is 4.16. The number of nitrogens with zero attached hydrogens (tertiary/aromatic N) is 6. The highest BCUT2D eigenvalue weighted by Gasteiger charge is 2.21. The Kier molecular flexibility index (Phi) is 5.11. The Morgan fingerprint density at radius 3 is 2.63 bits per heavy atom. The molecule has 140 valence electrons. The minimum atomic E-state index is -0.429. The molecule has 0 aliphatic rings. The van der Waals surface area contributed by atoms with Gasteiger partial charge in [-0.15, -0.1) is 10.2 Å². The smallest absolute Gasteiger partial charge is 0.270 e. The molecule has 0 amide bonds. The van der Waals surface area contributed by atoms with Crippen molar-refractivity contribution < 1.29 is 4.92 Å². The maximum Gasteiger partial charge on any atom is 0.270 e. The van der Waals surface area contributed by atoms with E-state index < -0.39 is 4.92 Å². The van der Waals surface area contributed by atoms with Gasteiger partial charge in [0, 0.05) is 36.5 Å². The number of anilines is 1. The van der Waals surface area contributed by atoms with Crippen LogP contribution in [0, 0.1) is 23.0 Å². The molecule has 0 aliphatic carbocycles. The topological polar surface area (TPSA) is 112 Å². The Balaban J connectivity index is 1.97. The Bertz CT molecular complexity index is 968. The monoisotopic (exact) mass is 367 g/mol. The minimum Gasteiger partial charge on any atom is -0.360 e. The lowest BCUT2D eigenvalue weighted by Gasteiger charge is -2.22. The first-order valence-corrected chi connectivity index (χ1v) is 8.56. The molecule has 1 aromatic carbocycles. The number of rotatable bonds is 6. The molecule has 3 rings (SSSR count). The predicted octanol–water partition coefficient (Wildman–Crippen LogP) is 3.30. The lowest BCUT2D eigenvalue weighted by atomic mass is 10.0. The number of nitro benzene ring substituents is 1. The van der Waals surface area contributed by atoms with Crippen molar-refractivity contribution in [1.29, 1.82) is 0 Å². The van der Waals surface area contributed by atoms with Gasteiger partial charge in [0.2, 0.25) is 0 Å². The highest BCUT2D eigenvalue weighted by molar-refractivity contribution is 5.61. The van der Waals surface area contributed by atoms with Gasteiger partial charge in [0.25, 0.3) is 5.69 Å². The van der Waals surface area contributed by atoms with Crippen LogP contribution in [0.4, 0.5) is 11.5 Å². The normalized spacial score (nSPS) is 12.2. The van der Waals surface area contributed by atoms with Crippen LogP contribution < -0.4 is 5.32 Å². The maximum absolute atomic E-state index is 11.0. The zero-order valence-electron chi connectivity index (χ0n) is 15.6. The van der Waals surface area contributed by atoms with Crippen LogP contribution in [0.25, 0.3) is 11.4 Å². The second kappa shape index (κ2) is 7.48. The zero-order valence-corrected chi connectivity index (χ0v) is 15.6. The van der Waals surface area contributed by atoms with Gasteiger partial charge in [-0.05, 0) is 12.8 Å². The van der Waals surface area contributed by atoms with E-state index in [4.69, 9.17) is 0 Å². The van der Waals surface area contributed by atoms with Crippen molar-refractivity contribution in [1.82, 2.24) is 24.7 Å². The number of hydrogen-bond acceptors (Lipinski definition) is 7. The largest absolute Gasteiger partial charge is 0.360 e. The van der Waals surface area contributed by atoms with E-state index in [1.165, 1.54) is 12.1 Å². The Morgan fingerprint density at radius 2 is 2.00 bits per heavy atom. The molecular weight excluding hydrogens is 346 g/mol. The number of benzene rings is 1. The SMILES string of the molecule is Cc1cc(N[C@@H](c2nncn2C)C(C)C)nc(-c2cccc([N+](=O)[O-])c2)n1. The molecule has 0 bridgehead atoms. The summed E-state index contributed by atoms with van der Waals surface area (Å²) in [7, 11) is 1.89. The van der Waals surface area contributed by atoms with Crippen LogP contribution in [0.5, 0.6) is 0 Å². The molecule has 9 heteroatoms. The van der Waals surface area contributed by atoms with Gasteiger partial charge in [0.15, 0.2) is 11.6 Å². The number of non-ortho nitro benzene ring substituents is 1. The van der Waals surface area contributed by atoms with Gasteiger partial charge in [-0.2, -0.15) is 0 Å². The molecule has 0 fully saturated rings. The summed E-state index contributed by atoms with van der Waals surface area (Å²) < 4.78 is 1.87. The van der Waals surface area contributed by atoms with Crippen LogP contribution in [0.3, 0.4) is 0 Å². The molecule has 2 aromatic heterocycles. The molecule has 3 aromatic rings. The van der Waals surface area contributed by atoms with Gasteiger partial charge in [-0.1, -0.05) is 26.0 Å². The molecule has 9 nitrogen and oxygen atoms in total. The van der Waals surface area contributed by atoms with E-state index in [1.54, 1.807) is 18.5 Å². The van der Waals surface area contributed by atoms with Crippen molar-refractivity contribution in [2.45, 2.75) is 26.8 Å². The Morgan fingerprint density at radius 1 is 1.22 bits per heavy atom. The lowest BCUT2D eigenvalue weighted by molar-refractivity contribution is -0.384. The minimum absolute atomic E-state index is 0.00579. The van der Waals surface area contributed by atoms with E-state index in [-0.39, 0.29) is 17.6 Å². The Hall–Kier alpha value is -3.36. The summed E-state index contributed by atoms with van der Waals surface area (Å²) in [6.45, 7) is 6.03. The number of hydrogen-bond donors (Lipinski definition) is 1. The molecule has 1 atom stereocenters. The van der Waals surface area contributed by atoms with Crippen LogP contribution in [0.2, 0.25) is 0 Å². The molecule has 0 saturated heterocycles. The third-order valence-corrected chi connectivity index (χ3v) is 4.16. The highest BCUT2D eigenvalue weighted by Crippen LogP contribution is 2.26. The molecule has 0 saturated carbocycles. The molecule has 1 N–H and O–H groups in total. The molecule has 0 radical (unpaired) electrons. The first-order valence-electron chi connectivity index (χ1n) is 8.56. The van der Waals surface area contributed by atoms with Crippen LogP contribution >= 0.6 is 0 Å². The maximum atomic E-state index is 11.0. The van der Waals surface area contributed by atoms with E-state index >= 15 is 0 Å². The lowest BCUT2D eigenvalue weighted by Crippen LogP contribution is -2.21. The van der Waals surface area contributed by atoms with E-state index in [0.29, 0.717) is 17.2 Å². The average Bonchev–Trinajstić information content (AvgIpc) is 3.04. The van der Waals surface area contributed by atoms with Crippen molar-refractivity contribution in [3.05, 3.63) is 58.3 Å². The van der Waals surface area contributed by atoms with E-state index in [2.05, 4.69) is 39.3 Å².